The van der Waals surface area contributed by atoms with Crippen LogP contribution in [0.15, 0.2) is 0 Å². The molecule has 0 aliphatic rings. The summed E-state index contributed by atoms with van der Waals surface area (Å²) >= 11 is 0. The van der Waals surface area contributed by atoms with E-state index in [1.807, 2.05) is 0 Å². The van der Waals surface area contributed by atoms with Gasteiger partial charge in [-0.3, -0.25) is 9.59 Å². The molecule has 0 rings (SSSR count). The summed E-state index contributed by atoms with van der Waals surface area (Å²) in [6.45, 7) is 4.62. The first-order chi connectivity index (χ1) is 4.95. The number of carbonyl (C=O) groups is 2. The molecule has 1 unspecified atom stereocenters. The van der Waals surface area contributed by atoms with Crippen LogP contribution in [0, 0.1) is 0 Å². The average molecular weight is 158 g/mol. The molecule has 2 atom stereocenters. The van der Waals surface area contributed by atoms with Crippen LogP contribution in [0.25, 0.3) is 0 Å². The molecule has 0 aliphatic carbocycles. The quantitative estimate of drug-likeness (QED) is 0.577. The standard InChI is InChI=1S/C7H14N2O2/c1-4(8)7(11)9-5(2)6(3)10/h4-5H,8H2,1-3H3,(H,9,11)/t4-,5?/m1/s1. The van der Waals surface area contributed by atoms with Crippen molar-refractivity contribution in [2.24, 2.45) is 5.73 Å². The van der Waals surface area contributed by atoms with Crippen molar-refractivity contribution in [1.82, 2.24) is 5.32 Å². The largest absolute Gasteiger partial charge is 0.345 e. The van der Waals surface area contributed by atoms with Crippen molar-refractivity contribution in [3.63, 3.8) is 0 Å². The number of hydrogen-bond donors (Lipinski definition) is 2. The van der Waals surface area contributed by atoms with Crippen LogP contribution in [0.1, 0.15) is 20.8 Å². The predicted octanol–water partition coefficient (Wildman–Crippen LogP) is -0.573. The van der Waals surface area contributed by atoms with E-state index in [2.05, 4.69) is 5.32 Å². The Kier molecular flexibility index (Phi) is 3.74. The topological polar surface area (TPSA) is 72.2 Å². The third-order valence-electron chi connectivity index (χ3n) is 1.38. The van der Waals surface area contributed by atoms with Gasteiger partial charge in [0.1, 0.15) is 0 Å². The molecule has 4 heteroatoms. The van der Waals surface area contributed by atoms with Crippen molar-refractivity contribution in [2.45, 2.75) is 32.9 Å². The summed E-state index contributed by atoms with van der Waals surface area (Å²) in [4.78, 5) is 21.5. The number of nitrogens with one attached hydrogen (secondary N) is 1. The maximum Gasteiger partial charge on any atom is 0.237 e. The summed E-state index contributed by atoms with van der Waals surface area (Å²) in [5, 5.41) is 2.47. The number of rotatable bonds is 3. The van der Waals surface area contributed by atoms with Gasteiger partial charge < -0.3 is 11.1 Å². The summed E-state index contributed by atoms with van der Waals surface area (Å²) in [5.74, 6) is -0.369. The van der Waals surface area contributed by atoms with Crippen molar-refractivity contribution in [2.75, 3.05) is 0 Å². The molecule has 11 heavy (non-hydrogen) atoms. The zero-order valence-corrected chi connectivity index (χ0v) is 7.05. The number of nitrogens with two attached hydrogens (primary N) is 1. The van der Waals surface area contributed by atoms with Crippen molar-refractivity contribution < 1.29 is 9.59 Å². The van der Waals surface area contributed by atoms with Gasteiger partial charge in [0.05, 0.1) is 12.1 Å². The number of ketones is 1. The number of amides is 1. The van der Waals surface area contributed by atoms with Crippen LogP contribution in [0.5, 0.6) is 0 Å². The second kappa shape index (κ2) is 4.08. The van der Waals surface area contributed by atoms with Gasteiger partial charge in [0.2, 0.25) is 5.91 Å². The molecule has 1 amide bonds. The van der Waals surface area contributed by atoms with E-state index in [1.165, 1.54) is 6.92 Å². The highest BCUT2D eigenvalue weighted by Crippen LogP contribution is 1.84. The van der Waals surface area contributed by atoms with E-state index in [4.69, 9.17) is 5.73 Å². The molecule has 0 radical (unpaired) electrons. The lowest BCUT2D eigenvalue weighted by atomic mass is 10.2. The summed E-state index contributed by atoms with van der Waals surface area (Å²) < 4.78 is 0. The van der Waals surface area contributed by atoms with Crippen molar-refractivity contribution in [1.29, 1.82) is 0 Å². The smallest absolute Gasteiger partial charge is 0.237 e. The highest BCUT2D eigenvalue weighted by Gasteiger charge is 2.13. The van der Waals surface area contributed by atoms with Gasteiger partial charge in [-0.1, -0.05) is 0 Å². The highest BCUT2D eigenvalue weighted by molar-refractivity contribution is 5.88. The van der Waals surface area contributed by atoms with E-state index < -0.39 is 12.1 Å². The monoisotopic (exact) mass is 158 g/mol. The molecule has 0 fully saturated rings. The maximum atomic E-state index is 10.9. The Morgan fingerprint density at radius 1 is 1.36 bits per heavy atom. The van der Waals surface area contributed by atoms with Gasteiger partial charge in [0.15, 0.2) is 5.78 Å². The fourth-order valence-electron chi connectivity index (χ4n) is 0.446. The van der Waals surface area contributed by atoms with Gasteiger partial charge in [-0.2, -0.15) is 0 Å². The van der Waals surface area contributed by atoms with E-state index in [9.17, 15) is 9.59 Å². The molecule has 0 spiro atoms. The third-order valence-corrected chi connectivity index (χ3v) is 1.38. The van der Waals surface area contributed by atoms with Crippen LogP contribution in [-0.4, -0.2) is 23.8 Å². The van der Waals surface area contributed by atoms with Gasteiger partial charge in [0.25, 0.3) is 0 Å². The molecule has 0 saturated carbocycles. The molecule has 0 saturated heterocycles. The first kappa shape index (κ1) is 10.1. The fourth-order valence-corrected chi connectivity index (χ4v) is 0.446. The summed E-state index contributed by atoms with van der Waals surface area (Å²) in [6.07, 6.45) is 0. The first-order valence-electron chi connectivity index (χ1n) is 3.51. The highest BCUT2D eigenvalue weighted by atomic mass is 16.2. The van der Waals surface area contributed by atoms with E-state index in [0.29, 0.717) is 0 Å². The zero-order valence-electron chi connectivity index (χ0n) is 7.05. The second-order valence-corrected chi connectivity index (χ2v) is 2.63. The molecule has 0 aliphatic heterocycles. The van der Waals surface area contributed by atoms with Crippen LogP contribution < -0.4 is 11.1 Å². The Morgan fingerprint density at radius 2 is 1.82 bits per heavy atom. The minimum Gasteiger partial charge on any atom is -0.345 e. The normalized spacial score (nSPS) is 15.3. The number of carbonyl (C=O) groups excluding carboxylic acids is 2. The summed E-state index contributed by atoms with van der Waals surface area (Å²) in [7, 11) is 0. The molecule has 0 aromatic heterocycles. The summed E-state index contributed by atoms with van der Waals surface area (Å²) in [6, 6.07) is -0.995. The molecule has 0 bridgehead atoms. The van der Waals surface area contributed by atoms with Crippen LogP contribution in [0.2, 0.25) is 0 Å². The predicted molar refractivity (Wildman–Crippen MR) is 41.9 cm³/mol. The lowest BCUT2D eigenvalue weighted by Crippen LogP contribution is -2.45. The summed E-state index contributed by atoms with van der Waals surface area (Å²) in [5.41, 5.74) is 5.26. The maximum absolute atomic E-state index is 10.9. The molecule has 0 heterocycles. The van der Waals surface area contributed by atoms with Crippen LogP contribution in [0.3, 0.4) is 0 Å². The molecule has 3 N–H and O–H groups in total. The minimum absolute atomic E-state index is 0.0704. The Hall–Kier alpha value is -0.900. The zero-order chi connectivity index (χ0) is 9.02. The number of Topliss-reactive ketones (excluding diaryl/α,β-unsaturated/α-hetero) is 1. The Balaban J connectivity index is 3.85. The van der Waals surface area contributed by atoms with Crippen LogP contribution in [-0.2, 0) is 9.59 Å². The number of hydrogen-bond acceptors (Lipinski definition) is 3. The Bertz CT molecular complexity index is 166. The first-order valence-corrected chi connectivity index (χ1v) is 3.51. The molecule has 0 aromatic carbocycles. The van der Waals surface area contributed by atoms with E-state index in [0.717, 1.165) is 0 Å². The lowest BCUT2D eigenvalue weighted by Gasteiger charge is -2.11. The molecular weight excluding hydrogens is 144 g/mol. The van der Waals surface area contributed by atoms with E-state index in [-0.39, 0.29) is 11.7 Å². The van der Waals surface area contributed by atoms with Gasteiger partial charge >= 0.3 is 0 Å². The van der Waals surface area contributed by atoms with Gasteiger partial charge in [0, 0.05) is 0 Å². The average Bonchev–Trinajstić information content (AvgIpc) is 1.87. The van der Waals surface area contributed by atoms with E-state index in [1.54, 1.807) is 13.8 Å². The third kappa shape index (κ3) is 3.72. The molecule has 64 valence electrons. The fraction of sp³-hybridized carbons (Fsp3) is 0.714. The van der Waals surface area contributed by atoms with Gasteiger partial charge in [-0.05, 0) is 20.8 Å². The van der Waals surface area contributed by atoms with Crippen LogP contribution in [0.4, 0.5) is 0 Å². The van der Waals surface area contributed by atoms with Crippen molar-refractivity contribution in [3.8, 4) is 0 Å². The van der Waals surface area contributed by atoms with E-state index >= 15 is 0 Å². The van der Waals surface area contributed by atoms with Crippen molar-refractivity contribution >= 4 is 11.7 Å². The SMILES string of the molecule is CC(=O)C(C)NC(=O)[C@@H](C)N. The second-order valence-electron chi connectivity index (χ2n) is 2.63. The molecular formula is C7H14N2O2. The van der Waals surface area contributed by atoms with Crippen molar-refractivity contribution in [3.05, 3.63) is 0 Å². The molecule has 4 nitrogen and oxygen atoms in total. The Morgan fingerprint density at radius 3 is 2.09 bits per heavy atom. The lowest BCUT2D eigenvalue weighted by molar-refractivity contribution is -0.127. The van der Waals surface area contributed by atoms with Crippen LogP contribution >= 0.6 is 0 Å². The minimum atomic E-state index is -0.559. The van der Waals surface area contributed by atoms with Gasteiger partial charge in [-0.15, -0.1) is 0 Å². The molecule has 0 aromatic rings. The Labute approximate surface area is 66.1 Å². The van der Waals surface area contributed by atoms with Gasteiger partial charge in [-0.25, -0.2) is 0 Å².